The van der Waals surface area contributed by atoms with Crippen LogP contribution >= 0.6 is 0 Å². The minimum Gasteiger partial charge on any atom is -0.359 e. The van der Waals surface area contributed by atoms with Crippen molar-refractivity contribution >= 4 is 0 Å². The molecule has 0 amide bonds. The molecule has 1 aliphatic rings. The van der Waals surface area contributed by atoms with Crippen LogP contribution in [-0.4, -0.2) is 43.0 Å². The highest BCUT2D eigenvalue weighted by Crippen LogP contribution is 2.37. The molecule has 1 saturated heterocycles. The summed E-state index contributed by atoms with van der Waals surface area (Å²) in [6.45, 7) is 9.50. The fourth-order valence-electron chi connectivity index (χ4n) is 2.56. The Balaban J connectivity index is 2.66. The quantitative estimate of drug-likeness (QED) is 0.674. The van der Waals surface area contributed by atoms with Crippen molar-refractivity contribution in [3.63, 3.8) is 0 Å². The molecule has 0 aromatic rings. The molecule has 1 heterocycles. The first-order valence-electron chi connectivity index (χ1n) is 5.64. The number of rotatable bonds is 3. The SMILES string of the molecule is COCOC1CC(C)(C)N(C)C(C)(C)C1. The monoisotopic (exact) mass is 215 g/mol. The van der Waals surface area contributed by atoms with Gasteiger partial charge in [0.15, 0.2) is 0 Å². The lowest BCUT2D eigenvalue weighted by atomic mass is 9.79. The van der Waals surface area contributed by atoms with Gasteiger partial charge < -0.3 is 9.47 Å². The Kier molecular flexibility index (Phi) is 3.80. The van der Waals surface area contributed by atoms with Crippen LogP contribution < -0.4 is 0 Å². The lowest BCUT2D eigenvalue weighted by Gasteiger charge is -2.53. The van der Waals surface area contributed by atoms with E-state index in [0.717, 1.165) is 12.8 Å². The van der Waals surface area contributed by atoms with Crippen molar-refractivity contribution in [2.45, 2.75) is 57.7 Å². The van der Waals surface area contributed by atoms with Crippen LogP contribution in [0.3, 0.4) is 0 Å². The molecule has 0 bridgehead atoms. The summed E-state index contributed by atoms with van der Waals surface area (Å²) < 4.78 is 10.7. The lowest BCUT2D eigenvalue weighted by molar-refractivity contribution is -0.135. The summed E-state index contributed by atoms with van der Waals surface area (Å²) in [6, 6.07) is 0. The van der Waals surface area contributed by atoms with Gasteiger partial charge in [-0.1, -0.05) is 0 Å². The van der Waals surface area contributed by atoms with Crippen LogP contribution in [0.15, 0.2) is 0 Å². The molecule has 1 rings (SSSR count). The second kappa shape index (κ2) is 4.40. The summed E-state index contributed by atoms with van der Waals surface area (Å²) in [6.07, 6.45) is 2.44. The maximum atomic E-state index is 5.70. The van der Waals surface area contributed by atoms with Crippen molar-refractivity contribution in [3.05, 3.63) is 0 Å². The molecule has 0 N–H and O–H groups in total. The molecule has 0 spiro atoms. The van der Waals surface area contributed by atoms with Gasteiger partial charge in [-0.2, -0.15) is 0 Å². The van der Waals surface area contributed by atoms with Crippen LogP contribution in [0.25, 0.3) is 0 Å². The Morgan fingerprint density at radius 3 is 2.00 bits per heavy atom. The molecule has 0 aromatic heterocycles. The minimum absolute atomic E-state index is 0.195. The predicted molar refractivity (Wildman–Crippen MR) is 61.9 cm³/mol. The van der Waals surface area contributed by atoms with E-state index in [1.165, 1.54) is 0 Å². The van der Waals surface area contributed by atoms with Gasteiger partial charge in [0.05, 0.1) is 6.10 Å². The summed E-state index contributed by atoms with van der Waals surface area (Å²) >= 11 is 0. The Bertz CT molecular complexity index is 196. The third-order valence-electron chi connectivity index (χ3n) is 3.69. The predicted octanol–water partition coefficient (Wildman–Crippen LogP) is 2.26. The van der Waals surface area contributed by atoms with Crippen LogP contribution in [0, 0.1) is 0 Å². The van der Waals surface area contributed by atoms with Crippen LogP contribution in [0.5, 0.6) is 0 Å². The molecule has 0 aliphatic carbocycles. The molecule has 0 unspecified atom stereocenters. The van der Waals surface area contributed by atoms with Gasteiger partial charge in [0.2, 0.25) is 0 Å². The average molecular weight is 215 g/mol. The maximum Gasteiger partial charge on any atom is 0.146 e. The van der Waals surface area contributed by atoms with Gasteiger partial charge in [-0.25, -0.2) is 0 Å². The van der Waals surface area contributed by atoms with Crippen molar-refractivity contribution in [3.8, 4) is 0 Å². The Morgan fingerprint density at radius 2 is 1.60 bits per heavy atom. The molecule has 15 heavy (non-hydrogen) atoms. The number of likely N-dealkylation sites (tertiary alicyclic amines) is 1. The standard InChI is InChI=1S/C12H25NO2/c1-11(2)7-10(15-9-14-6)8-12(3,4)13(11)5/h10H,7-9H2,1-6H3. The van der Waals surface area contributed by atoms with Gasteiger partial charge in [0.25, 0.3) is 0 Å². The van der Waals surface area contributed by atoms with Crippen LogP contribution in [0.2, 0.25) is 0 Å². The summed E-state index contributed by atoms with van der Waals surface area (Å²) in [4.78, 5) is 2.45. The summed E-state index contributed by atoms with van der Waals surface area (Å²) in [5.74, 6) is 0. The van der Waals surface area contributed by atoms with Gasteiger partial charge in [-0.3, -0.25) is 4.90 Å². The van der Waals surface area contributed by atoms with Crippen molar-refractivity contribution in [2.24, 2.45) is 0 Å². The molecular weight excluding hydrogens is 190 g/mol. The molecule has 90 valence electrons. The maximum absolute atomic E-state index is 5.70. The zero-order valence-electron chi connectivity index (χ0n) is 11.0. The molecule has 1 aliphatic heterocycles. The Morgan fingerprint density at radius 1 is 1.13 bits per heavy atom. The summed E-state index contributed by atoms with van der Waals surface area (Å²) in [5, 5.41) is 0. The molecular formula is C12H25NO2. The van der Waals surface area contributed by atoms with E-state index in [-0.39, 0.29) is 11.1 Å². The van der Waals surface area contributed by atoms with E-state index in [1.54, 1.807) is 7.11 Å². The number of hydrogen-bond donors (Lipinski definition) is 0. The molecule has 3 heteroatoms. The topological polar surface area (TPSA) is 21.7 Å². The van der Waals surface area contributed by atoms with Gasteiger partial charge >= 0.3 is 0 Å². The van der Waals surface area contributed by atoms with Gasteiger partial charge in [-0.15, -0.1) is 0 Å². The second-order valence-electron chi connectivity index (χ2n) is 5.79. The molecule has 0 saturated carbocycles. The number of nitrogens with zero attached hydrogens (tertiary/aromatic N) is 1. The van der Waals surface area contributed by atoms with E-state index in [2.05, 4.69) is 39.6 Å². The fourth-order valence-corrected chi connectivity index (χ4v) is 2.56. The smallest absolute Gasteiger partial charge is 0.146 e. The van der Waals surface area contributed by atoms with Crippen LogP contribution in [0.4, 0.5) is 0 Å². The highest BCUT2D eigenvalue weighted by Gasteiger charge is 2.43. The highest BCUT2D eigenvalue weighted by molar-refractivity contribution is 4.98. The van der Waals surface area contributed by atoms with Crippen LogP contribution in [0.1, 0.15) is 40.5 Å². The first-order valence-corrected chi connectivity index (χ1v) is 5.64. The van der Waals surface area contributed by atoms with Gasteiger partial charge in [0, 0.05) is 18.2 Å². The largest absolute Gasteiger partial charge is 0.359 e. The molecule has 0 atom stereocenters. The number of hydrogen-bond acceptors (Lipinski definition) is 3. The molecule has 0 radical (unpaired) electrons. The second-order valence-corrected chi connectivity index (χ2v) is 5.79. The first-order chi connectivity index (χ1) is 6.79. The first kappa shape index (κ1) is 12.9. The molecule has 1 fully saturated rings. The van der Waals surface area contributed by atoms with E-state index in [1.807, 2.05) is 0 Å². The molecule has 0 aromatic carbocycles. The van der Waals surface area contributed by atoms with Crippen molar-refractivity contribution < 1.29 is 9.47 Å². The Hall–Kier alpha value is -0.120. The van der Waals surface area contributed by atoms with E-state index in [0.29, 0.717) is 12.9 Å². The molecule has 3 nitrogen and oxygen atoms in total. The minimum atomic E-state index is 0.195. The fraction of sp³-hybridized carbons (Fsp3) is 1.00. The van der Waals surface area contributed by atoms with Crippen LogP contribution in [-0.2, 0) is 9.47 Å². The number of piperidine rings is 1. The summed E-state index contributed by atoms with van der Waals surface area (Å²) in [5.41, 5.74) is 0.389. The van der Waals surface area contributed by atoms with Crippen molar-refractivity contribution in [2.75, 3.05) is 21.0 Å². The lowest BCUT2D eigenvalue weighted by Crippen LogP contribution is -2.60. The third-order valence-corrected chi connectivity index (χ3v) is 3.69. The third kappa shape index (κ3) is 2.92. The zero-order chi connectivity index (χ0) is 11.7. The number of ether oxygens (including phenoxy) is 2. The summed E-state index contributed by atoms with van der Waals surface area (Å²) in [7, 11) is 3.87. The normalized spacial score (nSPS) is 26.8. The van der Waals surface area contributed by atoms with Crippen molar-refractivity contribution in [1.29, 1.82) is 0 Å². The van der Waals surface area contributed by atoms with E-state index in [4.69, 9.17) is 9.47 Å². The van der Waals surface area contributed by atoms with Crippen molar-refractivity contribution in [1.82, 2.24) is 4.90 Å². The van der Waals surface area contributed by atoms with E-state index < -0.39 is 0 Å². The zero-order valence-corrected chi connectivity index (χ0v) is 11.0. The number of methoxy groups -OCH3 is 1. The van der Waals surface area contributed by atoms with E-state index >= 15 is 0 Å². The van der Waals surface area contributed by atoms with Gasteiger partial charge in [-0.05, 0) is 47.6 Å². The van der Waals surface area contributed by atoms with Gasteiger partial charge in [0.1, 0.15) is 6.79 Å². The van der Waals surface area contributed by atoms with E-state index in [9.17, 15) is 0 Å². The Labute approximate surface area is 93.7 Å². The highest BCUT2D eigenvalue weighted by atomic mass is 16.7. The average Bonchev–Trinajstić information content (AvgIpc) is 2.10.